The molecule has 0 aliphatic carbocycles. The Kier molecular flexibility index (Phi) is 3.93. The van der Waals surface area contributed by atoms with Crippen molar-refractivity contribution in [3.63, 3.8) is 0 Å². The van der Waals surface area contributed by atoms with Gasteiger partial charge in [-0.15, -0.1) is 11.3 Å². The molecule has 0 unspecified atom stereocenters. The van der Waals surface area contributed by atoms with Crippen molar-refractivity contribution in [1.82, 2.24) is 19.5 Å². The third kappa shape index (κ3) is 2.58. The van der Waals surface area contributed by atoms with E-state index in [4.69, 9.17) is 10.5 Å². The number of hydrogen-bond donors (Lipinski definition) is 4. The lowest BCUT2D eigenvalue weighted by Crippen LogP contribution is -2.33. The van der Waals surface area contributed by atoms with Gasteiger partial charge in [-0.1, -0.05) is 0 Å². The van der Waals surface area contributed by atoms with Gasteiger partial charge in [-0.25, -0.2) is 15.0 Å². The predicted molar refractivity (Wildman–Crippen MR) is 90.8 cm³/mol. The van der Waals surface area contributed by atoms with E-state index in [9.17, 15) is 15.3 Å². The zero-order valence-electron chi connectivity index (χ0n) is 13.3. The van der Waals surface area contributed by atoms with Crippen LogP contribution in [0.15, 0.2) is 17.8 Å². The van der Waals surface area contributed by atoms with Crippen LogP contribution in [0.2, 0.25) is 0 Å². The molecule has 1 fully saturated rings. The minimum Gasteiger partial charge on any atom is -0.394 e. The summed E-state index contributed by atoms with van der Waals surface area (Å²) in [6.45, 7) is 1.58. The number of anilines is 1. The van der Waals surface area contributed by atoms with E-state index >= 15 is 0 Å². The highest BCUT2D eigenvalue weighted by atomic mass is 32.1. The molecule has 1 saturated heterocycles. The number of ether oxygens (including phenoxy) is 1. The predicted octanol–water partition coefficient (Wildman–Crippen LogP) is 0.0569. The first kappa shape index (κ1) is 16.4. The summed E-state index contributed by atoms with van der Waals surface area (Å²) in [4.78, 5) is 14.1. The molecule has 25 heavy (non-hydrogen) atoms. The van der Waals surface area contributed by atoms with Gasteiger partial charge in [0.15, 0.2) is 23.5 Å². The Balaban J connectivity index is 1.82. The van der Waals surface area contributed by atoms with Gasteiger partial charge in [0.25, 0.3) is 0 Å². The Labute approximate surface area is 146 Å². The molecule has 9 nitrogen and oxygen atoms in total. The number of aromatic nitrogens is 4. The highest BCUT2D eigenvalue weighted by Crippen LogP contribution is 2.33. The van der Waals surface area contributed by atoms with E-state index in [0.29, 0.717) is 17.0 Å². The van der Waals surface area contributed by atoms with E-state index in [1.807, 2.05) is 18.4 Å². The lowest BCUT2D eigenvalue weighted by atomic mass is 10.1. The minimum atomic E-state index is -1.22. The van der Waals surface area contributed by atoms with Crippen LogP contribution in [-0.4, -0.2) is 59.8 Å². The summed E-state index contributed by atoms with van der Waals surface area (Å²) in [5.74, 6) is 0.664. The van der Waals surface area contributed by atoms with Crippen LogP contribution in [-0.2, 0) is 4.74 Å². The lowest BCUT2D eigenvalue weighted by molar-refractivity contribution is -0.0511. The topological polar surface area (TPSA) is 140 Å². The van der Waals surface area contributed by atoms with Crippen LogP contribution in [0.3, 0.4) is 0 Å². The summed E-state index contributed by atoms with van der Waals surface area (Å²) in [5.41, 5.74) is 7.62. The second-order valence-corrected chi connectivity index (χ2v) is 7.05. The van der Waals surface area contributed by atoms with E-state index in [0.717, 1.165) is 10.4 Å². The van der Waals surface area contributed by atoms with Crippen molar-refractivity contribution in [2.75, 3.05) is 12.3 Å². The fourth-order valence-electron chi connectivity index (χ4n) is 2.92. The van der Waals surface area contributed by atoms with E-state index < -0.39 is 31.1 Å². The number of aliphatic hydroxyl groups is 3. The monoisotopic (exact) mass is 363 g/mol. The van der Waals surface area contributed by atoms with E-state index in [1.165, 1.54) is 10.9 Å². The van der Waals surface area contributed by atoms with Gasteiger partial charge < -0.3 is 25.8 Å². The number of rotatable bonds is 3. The molecule has 4 rings (SSSR count). The quantitative estimate of drug-likeness (QED) is 0.512. The third-order valence-corrected chi connectivity index (χ3v) is 5.09. The molecule has 4 heterocycles. The summed E-state index contributed by atoms with van der Waals surface area (Å²) in [5, 5.41) is 31.4. The van der Waals surface area contributed by atoms with Crippen LogP contribution in [0.5, 0.6) is 0 Å². The molecule has 132 valence electrons. The number of thiophene rings is 1. The zero-order valence-corrected chi connectivity index (χ0v) is 14.1. The number of nitrogens with zero attached hydrogens (tertiary/aromatic N) is 4. The van der Waals surface area contributed by atoms with Crippen molar-refractivity contribution in [1.29, 1.82) is 0 Å². The molecule has 0 amide bonds. The number of imidazole rings is 1. The highest BCUT2D eigenvalue weighted by molar-refractivity contribution is 7.10. The second-order valence-electron chi connectivity index (χ2n) is 5.93. The molecule has 4 atom stereocenters. The molecule has 0 bridgehead atoms. The smallest absolute Gasteiger partial charge is 0.168 e. The first-order valence-corrected chi connectivity index (χ1v) is 8.55. The molecule has 10 heteroatoms. The SMILES string of the molecule is Cc1cc(-c2nc(N)c3ncn([C@@H]4O[C@H](CO)[C@@H](O)[C@H]4O)c3n2)cs1. The van der Waals surface area contributed by atoms with Gasteiger partial charge in [0, 0.05) is 15.8 Å². The summed E-state index contributed by atoms with van der Waals surface area (Å²) >= 11 is 1.58. The van der Waals surface area contributed by atoms with Gasteiger partial charge in [0.1, 0.15) is 23.8 Å². The van der Waals surface area contributed by atoms with Gasteiger partial charge in [0.05, 0.1) is 12.9 Å². The van der Waals surface area contributed by atoms with Crippen LogP contribution in [0, 0.1) is 6.92 Å². The number of aryl methyl sites for hydroxylation is 1. The van der Waals surface area contributed by atoms with Crippen LogP contribution < -0.4 is 5.73 Å². The molecule has 5 N–H and O–H groups in total. The molecule has 0 radical (unpaired) electrons. The molecule has 3 aromatic heterocycles. The first-order chi connectivity index (χ1) is 12.0. The Hall–Kier alpha value is -2.11. The van der Waals surface area contributed by atoms with Crippen molar-refractivity contribution < 1.29 is 20.1 Å². The maximum atomic E-state index is 10.2. The molecular weight excluding hydrogens is 346 g/mol. The summed E-state index contributed by atoms with van der Waals surface area (Å²) in [6, 6.07) is 1.96. The van der Waals surface area contributed by atoms with Gasteiger partial charge in [-0.3, -0.25) is 4.57 Å². The fraction of sp³-hybridized carbons (Fsp3) is 0.400. The van der Waals surface area contributed by atoms with Crippen LogP contribution in [0.25, 0.3) is 22.6 Å². The Bertz CT molecular complexity index is 926. The number of hydrogen-bond acceptors (Lipinski definition) is 9. The Morgan fingerprint density at radius 1 is 1.32 bits per heavy atom. The molecular formula is C15H17N5O4S. The van der Waals surface area contributed by atoms with E-state index in [2.05, 4.69) is 15.0 Å². The molecule has 0 saturated carbocycles. The molecule has 0 spiro atoms. The van der Waals surface area contributed by atoms with Crippen LogP contribution in [0.4, 0.5) is 5.82 Å². The van der Waals surface area contributed by atoms with Gasteiger partial charge in [0.2, 0.25) is 0 Å². The van der Waals surface area contributed by atoms with Gasteiger partial charge >= 0.3 is 0 Å². The standard InChI is InChI=1S/C15H17N5O4S/c1-6-2-7(4-25-6)13-18-12(16)9-14(19-13)20(5-17-9)15-11(23)10(22)8(3-21)24-15/h2,4-5,8,10-11,15,21-23H,3H2,1H3,(H2,16,18,19)/t8-,10-,11-,15-/m1/s1. The van der Waals surface area contributed by atoms with E-state index in [-0.39, 0.29) is 5.82 Å². The summed E-state index contributed by atoms with van der Waals surface area (Å²) in [6.07, 6.45) is -2.80. The minimum absolute atomic E-state index is 0.217. The van der Waals surface area contributed by atoms with Crippen molar-refractivity contribution >= 4 is 28.3 Å². The normalized spacial score (nSPS) is 26.6. The van der Waals surface area contributed by atoms with Gasteiger partial charge in [-0.05, 0) is 13.0 Å². The third-order valence-electron chi connectivity index (χ3n) is 4.23. The molecule has 3 aromatic rings. The average molecular weight is 363 g/mol. The van der Waals surface area contributed by atoms with Crippen molar-refractivity contribution in [3.05, 3.63) is 22.7 Å². The van der Waals surface area contributed by atoms with Gasteiger partial charge in [-0.2, -0.15) is 0 Å². The highest BCUT2D eigenvalue weighted by Gasteiger charge is 2.44. The van der Waals surface area contributed by atoms with Crippen molar-refractivity contribution in [2.45, 2.75) is 31.5 Å². The fourth-order valence-corrected chi connectivity index (χ4v) is 3.61. The number of aliphatic hydroxyl groups excluding tert-OH is 3. The largest absolute Gasteiger partial charge is 0.394 e. The first-order valence-electron chi connectivity index (χ1n) is 7.67. The van der Waals surface area contributed by atoms with E-state index in [1.54, 1.807) is 11.3 Å². The van der Waals surface area contributed by atoms with Crippen molar-refractivity contribution in [2.24, 2.45) is 0 Å². The number of fused-ring (bicyclic) bond motifs is 1. The average Bonchev–Trinajstić information content (AvgIpc) is 3.27. The maximum Gasteiger partial charge on any atom is 0.168 e. The number of nitrogens with two attached hydrogens (primary N) is 1. The van der Waals surface area contributed by atoms with Crippen LogP contribution in [0.1, 0.15) is 11.1 Å². The molecule has 1 aliphatic rings. The number of nitrogen functional groups attached to an aromatic ring is 1. The maximum absolute atomic E-state index is 10.2. The summed E-state index contributed by atoms with van der Waals surface area (Å²) in [7, 11) is 0. The second kappa shape index (κ2) is 6.00. The molecule has 0 aromatic carbocycles. The zero-order chi connectivity index (χ0) is 17.7. The Morgan fingerprint density at radius 3 is 2.76 bits per heavy atom. The lowest BCUT2D eigenvalue weighted by Gasteiger charge is -2.16. The Morgan fingerprint density at radius 2 is 2.12 bits per heavy atom. The van der Waals surface area contributed by atoms with Crippen LogP contribution >= 0.6 is 11.3 Å². The van der Waals surface area contributed by atoms with Crippen molar-refractivity contribution in [3.8, 4) is 11.4 Å². The summed E-state index contributed by atoms with van der Waals surface area (Å²) < 4.78 is 7.05. The molecule has 1 aliphatic heterocycles.